The van der Waals surface area contributed by atoms with Gasteiger partial charge in [-0.2, -0.15) is 0 Å². The van der Waals surface area contributed by atoms with E-state index in [-0.39, 0.29) is 19.1 Å². The minimum absolute atomic E-state index is 0.0777. The third kappa shape index (κ3) is 4.08. The molecule has 0 unspecified atom stereocenters. The van der Waals surface area contributed by atoms with Gasteiger partial charge in [0.1, 0.15) is 5.82 Å². The summed E-state index contributed by atoms with van der Waals surface area (Å²) in [5.74, 6) is -2.57. The Labute approximate surface area is 114 Å². The van der Waals surface area contributed by atoms with Crippen molar-refractivity contribution in [3.63, 3.8) is 0 Å². The van der Waals surface area contributed by atoms with Gasteiger partial charge in [-0.15, -0.1) is 0 Å². The normalized spacial score (nSPS) is 10.0. The molecule has 0 radical (unpaired) electrons. The van der Waals surface area contributed by atoms with E-state index in [0.29, 0.717) is 0 Å². The third-order valence-electron chi connectivity index (χ3n) is 2.40. The number of nitrogens with one attached hydrogen (secondary N) is 2. The van der Waals surface area contributed by atoms with Crippen LogP contribution in [0.3, 0.4) is 0 Å². The zero-order valence-corrected chi connectivity index (χ0v) is 11.2. The number of nitrogens with zero attached hydrogens (tertiary/aromatic N) is 1. The molecule has 20 heavy (non-hydrogen) atoms. The molecule has 0 aromatic heterocycles. The van der Waals surface area contributed by atoms with Crippen LogP contribution in [-0.4, -0.2) is 44.0 Å². The fourth-order valence-electron chi connectivity index (χ4n) is 1.37. The van der Waals surface area contributed by atoms with E-state index in [2.05, 4.69) is 10.6 Å². The predicted octanol–water partition coefficient (Wildman–Crippen LogP) is 0.548. The van der Waals surface area contributed by atoms with Gasteiger partial charge in [-0.05, 0) is 12.1 Å². The minimum Gasteiger partial charge on any atom is -0.396 e. The molecule has 0 spiro atoms. The summed E-state index contributed by atoms with van der Waals surface area (Å²) in [6.07, 6.45) is 0. The number of anilines is 1. The largest absolute Gasteiger partial charge is 0.396 e. The Kier molecular flexibility index (Phi) is 5.24. The van der Waals surface area contributed by atoms with Crippen LogP contribution in [0.4, 0.5) is 19.3 Å². The smallest absolute Gasteiger partial charge is 0.316 e. The van der Waals surface area contributed by atoms with E-state index in [1.165, 1.54) is 4.90 Å². The van der Waals surface area contributed by atoms with Crippen molar-refractivity contribution < 1.29 is 18.4 Å². The molecule has 1 aromatic carbocycles. The van der Waals surface area contributed by atoms with Gasteiger partial charge in [0, 0.05) is 27.2 Å². The molecule has 1 rings (SSSR count). The standard InChI is InChI=1S/C12H16F2N4O2/c1-18(2)12(20)17-4-3-16-11(19)8-5-7(13)6-9(15)10(8)14/h5-6H,3-4,15H2,1-2H3,(H,16,19)(H,17,20). The average Bonchev–Trinajstić information content (AvgIpc) is 2.38. The molecule has 0 saturated carbocycles. The maximum Gasteiger partial charge on any atom is 0.316 e. The topological polar surface area (TPSA) is 87.5 Å². The summed E-state index contributed by atoms with van der Waals surface area (Å²) >= 11 is 0. The van der Waals surface area contributed by atoms with Crippen molar-refractivity contribution in [1.29, 1.82) is 0 Å². The van der Waals surface area contributed by atoms with Gasteiger partial charge in [0.25, 0.3) is 5.91 Å². The van der Waals surface area contributed by atoms with Crippen LogP contribution >= 0.6 is 0 Å². The number of hydrogen-bond donors (Lipinski definition) is 3. The number of carbonyl (C=O) groups excluding carboxylic acids is 2. The molecule has 4 N–H and O–H groups in total. The second-order valence-corrected chi connectivity index (χ2v) is 4.24. The van der Waals surface area contributed by atoms with Gasteiger partial charge in [-0.1, -0.05) is 0 Å². The summed E-state index contributed by atoms with van der Waals surface area (Å²) in [7, 11) is 3.14. The molecular formula is C12H16F2N4O2. The van der Waals surface area contributed by atoms with Crippen molar-refractivity contribution in [3.05, 3.63) is 29.3 Å². The van der Waals surface area contributed by atoms with Crippen LogP contribution < -0.4 is 16.4 Å². The zero-order valence-electron chi connectivity index (χ0n) is 11.2. The Morgan fingerprint density at radius 1 is 1.20 bits per heavy atom. The van der Waals surface area contributed by atoms with Crippen LogP contribution in [0.1, 0.15) is 10.4 Å². The third-order valence-corrected chi connectivity index (χ3v) is 2.40. The molecule has 0 fully saturated rings. The monoisotopic (exact) mass is 286 g/mol. The highest BCUT2D eigenvalue weighted by molar-refractivity contribution is 5.95. The Hall–Kier alpha value is -2.38. The molecule has 0 aliphatic carbocycles. The lowest BCUT2D eigenvalue weighted by atomic mass is 10.1. The predicted molar refractivity (Wildman–Crippen MR) is 70.2 cm³/mol. The number of amides is 3. The number of nitrogens with two attached hydrogens (primary N) is 1. The Bertz CT molecular complexity index is 520. The molecule has 6 nitrogen and oxygen atoms in total. The molecule has 110 valence electrons. The second kappa shape index (κ2) is 6.69. The number of urea groups is 1. The van der Waals surface area contributed by atoms with Crippen LogP contribution in [0.5, 0.6) is 0 Å². The molecule has 0 saturated heterocycles. The van der Waals surface area contributed by atoms with E-state index in [9.17, 15) is 18.4 Å². The van der Waals surface area contributed by atoms with Crippen molar-refractivity contribution in [2.75, 3.05) is 32.9 Å². The number of halogens is 2. The van der Waals surface area contributed by atoms with E-state index < -0.39 is 28.8 Å². The SMILES string of the molecule is CN(C)C(=O)NCCNC(=O)c1cc(F)cc(N)c1F. The first-order valence-corrected chi connectivity index (χ1v) is 5.80. The molecule has 0 atom stereocenters. The average molecular weight is 286 g/mol. The Morgan fingerprint density at radius 2 is 1.80 bits per heavy atom. The van der Waals surface area contributed by atoms with Gasteiger partial charge < -0.3 is 21.3 Å². The Morgan fingerprint density at radius 3 is 2.40 bits per heavy atom. The van der Waals surface area contributed by atoms with Crippen LogP contribution in [0.15, 0.2) is 12.1 Å². The number of hydrogen-bond acceptors (Lipinski definition) is 3. The molecule has 8 heteroatoms. The van der Waals surface area contributed by atoms with Gasteiger partial charge >= 0.3 is 6.03 Å². The Balaban J connectivity index is 2.54. The van der Waals surface area contributed by atoms with Crippen LogP contribution in [0.2, 0.25) is 0 Å². The first kappa shape index (κ1) is 15.7. The fraction of sp³-hybridized carbons (Fsp3) is 0.333. The summed E-state index contributed by atoms with van der Waals surface area (Å²) in [6.45, 7) is 0.240. The molecule has 0 heterocycles. The highest BCUT2D eigenvalue weighted by atomic mass is 19.1. The zero-order chi connectivity index (χ0) is 15.3. The van der Waals surface area contributed by atoms with Crippen LogP contribution in [0.25, 0.3) is 0 Å². The molecular weight excluding hydrogens is 270 g/mol. The molecule has 0 bridgehead atoms. The van der Waals surface area contributed by atoms with Gasteiger partial charge in [0.2, 0.25) is 0 Å². The van der Waals surface area contributed by atoms with Gasteiger partial charge in [0.15, 0.2) is 5.82 Å². The minimum atomic E-state index is -0.971. The number of nitrogen functional groups attached to an aromatic ring is 1. The highest BCUT2D eigenvalue weighted by Gasteiger charge is 2.15. The lowest BCUT2D eigenvalue weighted by Gasteiger charge is -2.12. The van der Waals surface area contributed by atoms with E-state index >= 15 is 0 Å². The van der Waals surface area contributed by atoms with Crippen LogP contribution in [0, 0.1) is 11.6 Å². The van der Waals surface area contributed by atoms with Gasteiger partial charge in [-0.3, -0.25) is 4.79 Å². The van der Waals surface area contributed by atoms with Crippen molar-refractivity contribution in [1.82, 2.24) is 15.5 Å². The van der Waals surface area contributed by atoms with E-state index in [4.69, 9.17) is 5.73 Å². The maximum absolute atomic E-state index is 13.5. The van der Waals surface area contributed by atoms with Gasteiger partial charge in [0.05, 0.1) is 11.3 Å². The number of rotatable bonds is 4. The van der Waals surface area contributed by atoms with Crippen molar-refractivity contribution in [2.45, 2.75) is 0 Å². The molecule has 1 aromatic rings. The quantitative estimate of drug-likeness (QED) is 0.558. The van der Waals surface area contributed by atoms with Crippen molar-refractivity contribution in [2.24, 2.45) is 0 Å². The number of carbonyl (C=O) groups is 2. The lowest BCUT2D eigenvalue weighted by Crippen LogP contribution is -2.39. The van der Waals surface area contributed by atoms with Crippen molar-refractivity contribution in [3.8, 4) is 0 Å². The molecule has 0 aliphatic heterocycles. The first-order valence-electron chi connectivity index (χ1n) is 5.80. The van der Waals surface area contributed by atoms with E-state index in [1.807, 2.05) is 0 Å². The highest BCUT2D eigenvalue weighted by Crippen LogP contribution is 2.17. The summed E-state index contributed by atoms with van der Waals surface area (Å²) in [5, 5.41) is 4.86. The second-order valence-electron chi connectivity index (χ2n) is 4.24. The first-order chi connectivity index (χ1) is 9.32. The van der Waals surface area contributed by atoms with Crippen LogP contribution in [-0.2, 0) is 0 Å². The fourth-order valence-corrected chi connectivity index (χ4v) is 1.37. The summed E-state index contributed by atoms with van der Waals surface area (Å²) in [5.41, 5.74) is 4.32. The van der Waals surface area contributed by atoms with E-state index in [0.717, 1.165) is 12.1 Å². The maximum atomic E-state index is 13.5. The molecule has 0 aliphatic rings. The number of benzene rings is 1. The lowest BCUT2D eigenvalue weighted by molar-refractivity contribution is 0.0949. The van der Waals surface area contributed by atoms with E-state index in [1.54, 1.807) is 14.1 Å². The summed E-state index contributed by atoms with van der Waals surface area (Å²) in [6, 6.07) is 1.24. The molecule has 3 amide bonds. The summed E-state index contributed by atoms with van der Waals surface area (Å²) < 4.78 is 26.6. The summed E-state index contributed by atoms with van der Waals surface area (Å²) in [4.78, 5) is 24.2. The van der Waals surface area contributed by atoms with Crippen molar-refractivity contribution >= 4 is 17.6 Å². The van der Waals surface area contributed by atoms with Gasteiger partial charge in [-0.25, -0.2) is 13.6 Å².